The van der Waals surface area contributed by atoms with Crippen LogP contribution in [0.3, 0.4) is 0 Å². The lowest BCUT2D eigenvalue weighted by atomic mass is 10.2. The molecule has 1 saturated heterocycles. The van der Waals surface area contributed by atoms with E-state index in [1.54, 1.807) is 6.07 Å². The quantitative estimate of drug-likeness (QED) is 0.591. The lowest BCUT2D eigenvalue weighted by Gasteiger charge is -2.18. The highest BCUT2D eigenvalue weighted by molar-refractivity contribution is 9.10. The maximum absolute atomic E-state index is 13.4. The molecule has 1 heterocycles. The zero-order chi connectivity index (χ0) is 17.5. The van der Waals surface area contributed by atoms with E-state index in [1.165, 1.54) is 12.1 Å². The van der Waals surface area contributed by atoms with Gasteiger partial charge in [0.05, 0.1) is 6.54 Å². The van der Waals surface area contributed by atoms with E-state index in [-0.39, 0.29) is 17.8 Å². The number of benzene rings is 1. The van der Waals surface area contributed by atoms with Gasteiger partial charge in [-0.05, 0) is 37.1 Å². The fraction of sp³-hybridized carbons (Fsp3) is 0.529. The summed E-state index contributed by atoms with van der Waals surface area (Å²) in [6, 6.07) is 4.77. The Balaban J connectivity index is 1.99. The molecular weight excluding hydrogens is 375 g/mol. The van der Waals surface area contributed by atoms with Crippen molar-refractivity contribution >= 4 is 27.8 Å². The third kappa shape index (κ3) is 5.19. The Hall–Kier alpha value is -1.63. The van der Waals surface area contributed by atoms with Crippen LogP contribution in [0.25, 0.3) is 0 Å². The summed E-state index contributed by atoms with van der Waals surface area (Å²) >= 11 is 3.42. The number of guanidine groups is 1. The first-order valence-electron chi connectivity index (χ1n) is 8.30. The third-order valence-corrected chi connectivity index (χ3v) is 4.72. The van der Waals surface area contributed by atoms with E-state index in [2.05, 4.69) is 31.6 Å². The topological polar surface area (TPSA) is 56.7 Å². The highest BCUT2D eigenvalue weighted by Crippen LogP contribution is 2.18. The van der Waals surface area contributed by atoms with Gasteiger partial charge in [0.1, 0.15) is 5.82 Å². The van der Waals surface area contributed by atoms with Gasteiger partial charge in [0.15, 0.2) is 5.96 Å². The Labute approximate surface area is 150 Å². The number of nitrogens with one attached hydrogen (secondary N) is 2. The molecular formula is C17H24BrFN4O. The van der Waals surface area contributed by atoms with Gasteiger partial charge in [-0.1, -0.05) is 22.9 Å². The molecule has 1 aromatic carbocycles. The Bertz CT molecular complexity index is 608. The summed E-state index contributed by atoms with van der Waals surface area (Å²) < 4.78 is 14.2. The molecule has 0 radical (unpaired) electrons. The maximum Gasteiger partial charge on any atom is 0.222 e. The van der Waals surface area contributed by atoms with Gasteiger partial charge in [0, 0.05) is 36.6 Å². The number of hydrogen-bond donors (Lipinski definition) is 2. The van der Waals surface area contributed by atoms with Gasteiger partial charge < -0.3 is 15.5 Å². The number of rotatable bonds is 5. The van der Waals surface area contributed by atoms with E-state index in [0.29, 0.717) is 25.5 Å². The number of halogens is 2. The fourth-order valence-corrected chi connectivity index (χ4v) is 3.04. The van der Waals surface area contributed by atoms with Crippen LogP contribution in [0.5, 0.6) is 0 Å². The van der Waals surface area contributed by atoms with Crippen LogP contribution in [-0.4, -0.2) is 42.4 Å². The smallest absolute Gasteiger partial charge is 0.222 e. The lowest BCUT2D eigenvalue weighted by molar-refractivity contribution is -0.129. The van der Waals surface area contributed by atoms with E-state index in [4.69, 9.17) is 0 Å². The Kier molecular flexibility index (Phi) is 7.02. The number of nitrogens with zero attached hydrogens (tertiary/aromatic N) is 2. The van der Waals surface area contributed by atoms with Crippen LogP contribution in [0.2, 0.25) is 0 Å². The number of likely N-dealkylation sites (tertiary alicyclic amines) is 1. The van der Waals surface area contributed by atoms with Crippen molar-refractivity contribution in [2.45, 2.75) is 39.3 Å². The average Bonchev–Trinajstić information content (AvgIpc) is 3.03. The molecule has 1 amide bonds. The molecule has 1 aromatic rings. The summed E-state index contributed by atoms with van der Waals surface area (Å²) in [5.74, 6) is 0.597. The second-order valence-corrected chi connectivity index (χ2v) is 6.61. The van der Waals surface area contributed by atoms with Crippen molar-refractivity contribution in [3.63, 3.8) is 0 Å². The summed E-state index contributed by atoms with van der Waals surface area (Å²) in [4.78, 5) is 18.2. The molecule has 0 aliphatic carbocycles. The molecule has 2 N–H and O–H groups in total. The van der Waals surface area contributed by atoms with Crippen molar-refractivity contribution in [3.05, 3.63) is 34.1 Å². The molecule has 1 fully saturated rings. The standard InChI is InChI=1S/C17H24BrFN4O/c1-3-16(24)23-8-7-14(11-23)22-17(20-4-2)21-10-12-9-13(19)5-6-15(12)18/h5-6,9,14H,3-4,7-8,10-11H2,1-2H3,(H2,20,21,22). The molecule has 24 heavy (non-hydrogen) atoms. The molecule has 0 saturated carbocycles. The van der Waals surface area contributed by atoms with Crippen LogP contribution in [-0.2, 0) is 11.3 Å². The first-order valence-corrected chi connectivity index (χ1v) is 9.09. The molecule has 1 aliphatic heterocycles. The number of hydrogen-bond acceptors (Lipinski definition) is 2. The first-order chi connectivity index (χ1) is 11.5. The second-order valence-electron chi connectivity index (χ2n) is 5.75. The predicted octanol–water partition coefficient (Wildman–Crippen LogP) is 2.65. The van der Waals surface area contributed by atoms with E-state index in [1.807, 2.05) is 18.7 Å². The molecule has 0 aromatic heterocycles. The predicted molar refractivity (Wildman–Crippen MR) is 97.3 cm³/mol. The van der Waals surface area contributed by atoms with Crippen molar-refractivity contribution in [2.75, 3.05) is 19.6 Å². The summed E-state index contributed by atoms with van der Waals surface area (Å²) in [6.45, 7) is 6.46. The molecule has 1 atom stereocenters. The SMILES string of the molecule is CCNC(=NCc1cc(F)ccc1Br)NC1CCN(C(=O)CC)C1. The van der Waals surface area contributed by atoms with Gasteiger partial charge in [-0.25, -0.2) is 9.38 Å². The van der Waals surface area contributed by atoms with Gasteiger partial charge in [-0.15, -0.1) is 0 Å². The van der Waals surface area contributed by atoms with Crippen LogP contribution in [0.15, 0.2) is 27.7 Å². The van der Waals surface area contributed by atoms with Gasteiger partial charge in [0.2, 0.25) is 5.91 Å². The molecule has 132 valence electrons. The van der Waals surface area contributed by atoms with Gasteiger partial charge >= 0.3 is 0 Å². The Morgan fingerprint density at radius 3 is 2.96 bits per heavy atom. The summed E-state index contributed by atoms with van der Waals surface area (Å²) in [7, 11) is 0. The maximum atomic E-state index is 13.4. The number of amides is 1. The number of carbonyl (C=O) groups is 1. The molecule has 7 heteroatoms. The average molecular weight is 399 g/mol. The van der Waals surface area contributed by atoms with Gasteiger partial charge in [0.25, 0.3) is 0 Å². The van der Waals surface area contributed by atoms with Crippen molar-refractivity contribution in [3.8, 4) is 0 Å². The van der Waals surface area contributed by atoms with Crippen LogP contribution >= 0.6 is 15.9 Å². The number of carbonyl (C=O) groups excluding carboxylic acids is 1. The second kappa shape index (κ2) is 9.01. The zero-order valence-corrected chi connectivity index (χ0v) is 15.7. The summed E-state index contributed by atoms with van der Waals surface area (Å²) in [6.07, 6.45) is 1.44. The zero-order valence-electron chi connectivity index (χ0n) is 14.1. The van der Waals surface area contributed by atoms with Gasteiger partial charge in [-0.2, -0.15) is 0 Å². The van der Waals surface area contributed by atoms with E-state index < -0.39 is 0 Å². The third-order valence-electron chi connectivity index (χ3n) is 3.94. The Morgan fingerprint density at radius 1 is 1.46 bits per heavy atom. The van der Waals surface area contributed by atoms with Crippen LogP contribution in [0.4, 0.5) is 4.39 Å². The summed E-state index contributed by atoms with van der Waals surface area (Å²) in [5, 5.41) is 6.56. The number of aliphatic imine (C=N–C) groups is 1. The fourth-order valence-electron chi connectivity index (χ4n) is 2.67. The minimum atomic E-state index is -0.272. The van der Waals surface area contributed by atoms with Crippen LogP contribution < -0.4 is 10.6 Å². The van der Waals surface area contributed by atoms with Crippen LogP contribution in [0.1, 0.15) is 32.3 Å². The minimum absolute atomic E-state index is 0.185. The minimum Gasteiger partial charge on any atom is -0.357 e. The van der Waals surface area contributed by atoms with Crippen molar-refractivity contribution in [1.29, 1.82) is 0 Å². The van der Waals surface area contributed by atoms with E-state index >= 15 is 0 Å². The van der Waals surface area contributed by atoms with E-state index in [9.17, 15) is 9.18 Å². The Morgan fingerprint density at radius 2 is 2.25 bits per heavy atom. The molecule has 5 nitrogen and oxygen atoms in total. The van der Waals surface area contributed by atoms with Crippen molar-refractivity contribution in [1.82, 2.24) is 15.5 Å². The first kappa shape index (κ1) is 18.7. The monoisotopic (exact) mass is 398 g/mol. The van der Waals surface area contributed by atoms with Crippen LogP contribution in [0, 0.1) is 5.82 Å². The highest BCUT2D eigenvalue weighted by Gasteiger charge is 2.25. The summed E-state index contributed by atoms with van der Waals surface area (Å²) in [5.41, 5.74) is 0.793. The molecule has 1 unspecified atom stereocenters. The van der Waals surface area contributed by atoms with Crippen molar-refractivity contribution in [2.24, 2.45) is 4.99 Å². The molecule has 0 bridgehead atoms. The normalized spacial score (nSPS) is 17.9. The molecule has 2 rings (SSSR count). The largest absolute Gasteiger partial charge is 0.357 e. The lowest BCUT2D eigenvalue weighted by Crippen LogP contribution is -2.45. The van der Waals surface area contributed by atoms with Crippen molar-refractivity contribution < 1.29 is 9.18 Å². The molecule has 1 aliphatic rings. The van der Waals surface area contributed by atoms with Gasteiger partial charge in [-0.3, -0.25) is 4.79 Å². The molecule has 0 spiro atoms. The highest BCUT2D eigenvalue weighted by atomic mass is 79.9. The van der Waals surface area contributed by atoms with E-state index in [0.717, 1.165) is 29.5 Å².